The van der Waals surface area contributed by atoms with Gasteiger partial charge in [-0.15, -0.1) is 0 Å². The number of aryl methyl sites for hydroxylation is 1. The quantitative estimate of drug-likeness (QED) is 0.836. The van der Waals surface area contributed by atoms with Gasteiger partial charge in [-0.1, -0.05) is 29.8 Å². The lowest BCUT2D eigenvalue weighted by Crippen LogP contribution is -1.98. The molecule has 2 aromatic rings. The van der Waals surface area contributed by atoms with Crippen molar-refractivity contribution in [2.24, 2.45) is 0 Å². The number of nitrogen functional groups attached to an aromatic ring is 1. The van der Waals surface area contributed by atoms with Crippen LogP contribution >= 0.6 is 0 Å². The zero-order valence-corrected chi connectivity index (χ0v) is 10.2. The fourth-order valence-electron chi connectivity index (χ4n) is 1.72. The number of nitrogens with zero attached hydrogens (tertiary/aromatic N) is 1. The average Bonchev–Trinajstić information content (AvgIpc) is 2.37. The first-order chi connectivity index (χ1) is 8.69. The van der Waals surface area contributed by atoms with Crippen molar-refractivity contribution in [3.05, 3.63) is 59.2 Å². The first kappa shape index (κ1) is 12.0. The molecule has 0 amide bonds. The van der Waals surface area contributed by atoms with E-state index >= 15 is 0 Å². The Morgan fingerprint density at radius 1 is 1.22 bits per heavy atom. The maximum absolute atomic E-state index is 9.00. The molecule has 0 bridgehead atoms. The van der Waals surface area contributed by atoms with Crippen molar-refractivity contribution in [2.75, 3.05) is 5.73 Å². The van der Waals surface area contributed by atoms with Crippen LogP contribution in [0.3, 0.4) is 0 Å². The topological polar surface area (TPSA) is 59.0 Å². The summed E-state index contributed by atoms with van der Waals surface area (Å²) in [5.74, 6) is 0.563. The summed E-state index contributed by atoms with van der Waals surface area (Å²) in [4.78, 5) is 0. The molecule has 0 aromatic heterocycles. The van der Waals surface area contributed by atoms with Crippen molar-refractivity contribution < 1.29 is 4.74 Å². The van der Waals surface area contributed by atoms with Gasteiger partial charge in [0.1, 0.15) is 18.4 Å². The van der Waals surface area contributed by atoms with Crippen molar-refractivity contribution in [3.63, 3.8) is 0 Å². The Labute approximate surface area is 106 Å². The van der Waals surface area contributed by atoms with Crippen LogP contribution in [0.4, 0.5) is 5.69 Å². The van der Waals surface area contributed by atoms with E-state index in [1.54, 1.807) is 18.2 Å². The number of nitrogens with two attached hydrogens (primary N) is 1. The van der Waals surface area contributed by atoms with Gasteiger partial charge in [0, 0.05) is 5.69 Å². The molecule has 0 heterocycles. The number of nitriles is 1. The van der Waals surface area contributed by atoms with Gasteiger partial charge in [0.15, 0.2) is 0 Å². The summed E-state index contributed by atoms with van der Waals surface area (Å²) in [5, 5.41) is 9.00. The minimum absolute atomic E-state index is 0.445. The molecule has 0 spiro atoms. The number of rotatable bonds is 3. The maximum Gasteiger partial charge on any atom is 0.137 e. The normalized spacial score (nSPS) is 9.78. The van der Waals surface area contributed by atoms with E-state index in [2.05, 4.69) is 12.1 Å². The van der Waals surface area contributed by atoms with Crippen LogP contribution in [0, 0.1) is 18.3 Å². The van der Waals surface area contributed by atoms with Crippen LogP contribution in [-0.2, 0) is 6.61 Å². The Balaban J connectivity index is 2.14. The van der Waals surface area contributed by atoms with E-state index in [1.807, 2.05) is 25.1 Å². The second kappa shape index (κ2) is 5.24. The number of ether oxygens (including phenoxy) is 1. The van der Waals surface area contributed by atoms with Gasteiger partial charge in [0.25, 0.3) is 0 Å². The average molecular weight is 238 g/mol. The number of hydrogen-bond donors (Lipinski definition) is 1. The molecule has 0 aliphatic carbocycles. The van der Waals surface area contributed by atoms with Gasteiger partial charge in [-0.25, -0.2) is 0 Å². The van der Waals surface area contributed by atoms with Crippen molar-refractivity contribution in [1.82, 2.24) is 0 Å². The third-order valence-corrected chi connectivity index (χ3v) is 2.60. The van der Waals surface area contributed by atoms with Crippen LogP contribution in [0.15, 0.2) is 42.5 Å². The van der Waals surface area contributed by atoms with Crippen LogP contribution in [0.25, 0.3) is 0 Å². The van der Waals surface area contributed by atoms with E-state index in [4.69, 9.17) is 15.7 Å². The largest absolute Gasteiger partial charge is 0.488 e. The number of hydrogen-bond acceptors (Lipinski definition) is 3. The van der Waals surface area contributed by atoms with Gasteiger partial charge >= 0.3 is 0 Å². The molecule has 0 aliphatic heterocycles. The molecule has 0 aliphatic rings. The first-order valence-electron chi connectivity index (χ1n) is 5.67. The third-order valence-electron chi connectivity index (χ3n) is 2.60. The molecule has 0 atom stereocenters. The molecule has 0 saturated carbocycles. The maximum atomic E-state index is 9.00. The molecule has 2 rings (SSSR count). The van der Waals surface area contributed by atoms with E-state index in [0.29, 0.717) is 23.6 Å². The molecule has 2 N–H and O–H groups in total. The molecule has 3 heteroatoms. The smallest absolute Gasteiger partial charge is 0.137 e. The van der Waals surface area contributed by atoms with Gasteiger partial charge in [-0.2, -0.15) is 5.26 Å². The minimum atomic E-state index is 0.445. The van der Waals surface area contributed by atoms with Gasteiger partial charge < -0.3 is 10.5 Å². The van der Waals surface area contributed by atoms with Crippen LogP contribution < -0.4 is 10.5 Å². The summed E-state index contributed by atoms with van der Waals surface area (Å²) in [6.45, 7) is 2.48. The van der Waals surface area contributed by atoms with Gasteiger partial charge in [-0.3, -0.25) is 0 Å². The standard InChI is InChI=1S/C15H14N2O/c1-11-3-2-4-12(7-11)10-18-15-6-5-14(17)8-13(15)9-16/h2-8H,10,17H2,1H3. The molecule has 2 aromatic carbocycles. The molecule has 18 heavy (non-hydrogen) atoms. The highest BCUT2D eigenvalue weighted by Gasteiger charge is 2.04. The first-order valence-corrected chi connectivity index (χ1v) is 5.67. The fraction of sp³-hybridized carbons (Fsp3) is 0.133. The highest BCUT2D eigenvalue weighted by Crippen LogP contribution is 2.21. The molecule has 0 saturated heterocycles. The summed E-state index contributed by atoms with van der Waals surface area (Å²) in [5.41, 5.74) is 8.92. The highest BCUT2D eigenvalue weighted by molar-refractivity contribution is 5.53. The zero-order valence-electron chi connectivity index (χ0n) is 10.2. The molecular weight excluding hydrogens is 224 g/mol. The van der Waals surface area contributed by atoms with E-state index in [9.17, 15) is 0 Å². The SMILES string of the molecule is Cc1cccc(COc2ccc(N)cc2C#N)c1. The second-order valence-electron chi connectivity index (χ2n) is 4.15. The Morgan fingerprint density at radius 2 is 2.06 bits per heavy atom. The lowest BCUT2D eigenvalue weighted by atomic mass is 10.1. The van der Waals surface area contributed by atoms with Crippen LogP contribution in [-0.4, -0.2) is 0 Å². The second-order valence-corrected chi connectivity index (χ2v) is 4.15. The monoisotopic (exact) mass is 238 g/mol. The predicted octanol–water partition coefficient (Wildman–Crippen LogP) is 3.03. The zero-order chi connectivity index (χ0) is 13.0. The van der Waals surface area contributed by atoms with Crippen LogP contribution in [0.2, 0.25) is 0 Å². The van der Waals surface area contributed by atoms with E-state index < -0.39 is 0 Å². The van der Waals surface area contributed by atoms with Crippen LogP contribution in [0.5, 0.6) is 5.75 Å². The molecular formula is C15H14N2O. The molecule has 0 radical (unpaired) electrons. The van der Waals surface area contributed by atoms with Crippen LogP contribution in [0.1, 0.15) is 16.7 Å². The summed E-state index contributed by atoms with van der Waals surface area (Å²) in [6.07, 6.45) is 0. The fourth-order valence-corrected chi connectivity index (χ4v) is 1.72. The van der Waals surface area contributed by atoms with Gasteiger partial charge in [0.05, 0.1) is 5.56 Å². The molecule has 3 nitrogen and oxygen atoms in total. The molecule has 0 unspecified atom stereocenters. The van der Waals surface area contributed by atoms with E-state index in [-0.39, 0.29) is 0 Å². The van der Waals surface area contributed by atoms with E-state index in [1.165, 1.54) is 5.56 Å². The Bertz CT molecular complexity index is 600. The summed E-state index contributed by atoms with van der Waals surface area (Å²) >= 11 is 0. The Kier molecular flexibility index (Phi) is 3.49. The van der Waals surface area contributed by atoms with Crippen molar-refractivity contribution in [3.8, 4) is 11.8 Å². The third kappa shape index (κ3) is 2.80. The number of benzene rings is 2. The highest BCUT2D eigenvalue weighted by atomic mass is 16.5. The predicted molar refractivity (Wildman–Crippen MR) is 71.1 cm³/mol. The molecule has 0 fully saturated rings. The Hall–Kier alpha value is -2.47. The Morgan fingerprint density at radius 3 is 2.78 bits per heavy atom. The van der Waals surface area contributed by atoms with E-state index in [0.717, 1.165) is 5.56 Å². The van der Waals surface area contributed by atoms with Gasteiger partial charge in [-0.05, 0) is 30.7 Å². The lowest BCUT2D eigenvalue weighted by molar-refractivity contribution is 0.305. The van der Waals surface area contributed by atoms with Crippen molar-refractivity contribution in [1.29, 1.82) is 5.26 Å². The minimum Gasteiger partial charge on any atom is -0.488 e. The summed E-state index contributed by atoms with van der Waals surface area (Å²) < 4.78 is 5.65. The van der Waals surface area contributed by atoms with Gasteiger partial charge in [0.2, 0.25) is 0 Å². The lowest BCUT2D eigenvalue weighted by Gasteiger charge is -2.08. The molecule has 90 valence electrons. The number of anilines is 1. The summed E-state index contributed by atoms with van der Waals surface area (Å²) in [7, 11) is 0. The summed E-state index contributed by atoms with van der Waals surface area (Å²) in [6, 6.07) is 15.2. The van der Waals surface area contributed by atoms with Crippen molar-refractivity contribution >= 4 is 5.69 Å². The van der Waals surface area contributed by atoms with Crippen molar-refractivity contribution in [2.45, 2.75) is 13.5 Å².